The van der Waals surface area contributed by atoms with Gasteiger partial charge in [-0.1, -0.05) is 6.08 Å². The molecule has 0 atom stereocenters. The average Bonchev–Trinajstić information content (AvgIpc) is 2.46. The maximum absolute atomic E-state index is 10.5. The van der Waals surface area contributed by atoms with E-state index in [4.69, 9.17) is 0 Å². The molecule has 2 heterocycles. The third kappa shape index (κ3) is 0.307. The smallest absolute Gasteiger partial charge is 0.242 e. The molecule has 1 fully saturated rings. The molecule has 2 amide bonds. The van der Waals surface area contributed by atoms with Crippen molar-refractivity contribution in [2.45, 2.75) is 0 Å². The van der Waals surface area contributed by atoms with Crippen LogP contribution in [0.25, 0.3) is 0 Å². The van der Waals surface area contributed by atoms with Crippen LogP contribution < -0.4 is 5.43 Å². The van der Waals surface area contributed by atoms with Gasteiger partial charge in [0.25, 0.3) is 0 Å². The lowest BCUT2D eigenvalue weighted by Gasteiger charge is -2.03. The first kappa shape index (κ1) is 3.91. The minimum absolute atomic E-state index is 0.0266. The number of rotatable bonds is 0. The molecule has 0 unspecified atom stereocenters. The molecule has 1 N–H and O–H groups in total. The third-order valence-corrected chi connectivity index (χ3v) is 1.16. The zero-order valence-electron chi connectivity index (χ0n) is 4.16. The average molecular weight is 111 g/mol. The lowest BCUT2D eigenvalue weighted by atomic mass is 10.6. The van der Waals surface area contributed by atoms with E-state index >= 15 is 0 Å². The molecule has 42 valence electrons. The van der Waals surface area contributed by atoms with Crippen LogP contribution in [-0.4, -0.2) is 22.7 Å². The Hall–Kier alpha value is -1.03. The van der Waals surface area contributed by atoms with Gasteiger partial charge in [-0.05, 0) is 0 Å². The van der Waals surface area contributed by atoms with Gasteiger partial charge in [-0.25, -0.2) is 10.2 Å². The Labute approximate surface area is 46.3 Å². The van der Waals surface area contributed by atoms with Crippen LogP contribution in [0.4, 0.5) is 4.79 Å². The highest BCUT2D eigenvalue weighted by Gasteiger charge is 2.42. The van der Waals surface area contributed by atoms with Crippen molar-refractivity contribution in [2.24, 2.45) is 0 Å². The minimum Gasteiger partial charge on any atom is -0.242 e. The summed E-state index contributed by atoms with van der Waals surface area (Å²) >= 11 is 0. The van der Waals surface area contributed by atoms with Gasteiger partial charge in [0.2, 0.25) is 0 Å². The summed E-state index contributed by atoms with van der Waals surface area (Å²) in [5.41, 5.74) is 2.83. The van der Waals surface area contributed by atoms with Gasteiger partial charge in [0, 0.05) is 12.7 Å². The molecule has 4 heteroatoms. The maximum atomic E-state index is 10.5. The number of amides is 2. The second-order valence-electron chi connectivity index (χ2n) is 1.69. The highest BCUT2D eigenvalue weighted by molar-refractivity contribution is 5.86. The standard InChI is InChI=1S/C4H5N3O/c8-4-6-3-1-2-5-7(4)6/h1,3,5H,2H2. The van der Waals surface area contributed by atoms with Crippen molar-refractivity contribution < 1.29 is 4.79 Å². The number of carbonyl (C=O) groups is 1. The SMILES string of the molecule is O=C1N2C=CCNN12. The Morgan fingerprint density at radius 1 is 1.75 bits per heavy atom. The van der Waals surface area contributed by atoms with E-state index in [-0.39, 0.29) is 6.03 Å². The molecular weight excluding hydrogens is 106 g/mol. The van der Waals surface area contributed by atoms with Gasteiger partial charge in [0.05, 0.1) is 0 Å². The molecule has 2 rings (SSSR count). The third-order valence-electron chi connectivity index (χ3n) is 1.16. The van der Waals surface area contributed by atoms with Crippen LogP contribution in [0.3, 0.4) is 0 Å². The van der Waals surface area contributed by atoms with Crippen molar-refractivity contribution in [3.05, 3.63) is 12.3 Å². The normalized spacial score (nSPS) is 23.8. The van der Waals surface area contributed by atoms with Gasteiger partial charge in [0.1, 0.15) is 0 Å². The Balaban J connectivity index is 2.23. The summed E-state index contributed by atoms with van der Waals surface area (Å²) in [4.78, 5) is 10.5. The Morgan fingerprint density at radius 3 is 3.12 bits per heavy atom. The van der Waals surface area contributed by atoms with Crippen molar-refractivity contribution in [3.63, 3.8) is 0 Å². The summed E-state index contributed by atoms with van der Waals surface area (Å²) in [6.07, 6.45) is 3.64. The molecule has 8 heavy (non-hydrogen) atoms. The number of fused-ring (bicyclic) bond motifs is 1. The van der Waals surface area contributed by atoms with Crippen molar-refractivity contribution in [1.29, 1.82) is 0 Å². The van der Waals surface area contributed by atoms with Gasteiger partial charge in [-0.15, -0.1) is 0 Å². The molecule has 0 aromatic rings. The van der Waals surface area contributed by atoms with Crippen LogP contribution in [-0.2, 0) is 0 Å². The van der Waals surface area contributed by atoms with Gasteiger partial charge < -0.3 is 0 Å². The molecule has 0 aromatic carbocycles. The lowest BCUT2D eigenvalue weighted by molar-refractivity contribution is 0.248. The summed E-state index contributed by atoms with van der Waals surface area (Å²) < 4.78 is 0. The van der Waals surface area contributed by atoms with E-state index in [2.05, 4.69) is 5.43 Å². The first-order valence-electron chi connectivity index (χ1n) is 2.43. The molecular formula is C4H5N3O. The predicted octanol–water partition coefficient (Wildman–Crippen LogP) is -0.329. The summed E-state index contributed by atoms with van der Waals surface area (Å²) in [6, 6.07) is 0.0266. The van der Waals surface area contributed by atoms with E-state index in [0.717, 1.165) is 6.54 Å². The number of carbonyl (C=O) groups excluding carboxylic acids is 1. The molecule has 0 aromatic heterocycles. The van der Waals surface area contributed by atoms with Crippen molar-refractivity contribution >= 4 is 6.03 Å². The summed E-state index contributed by atoms with van der Waals surface area (Å²) in [6.45, 7) is 0.752. The molecule has 0 aliphatic carbocycles. The van der Waals surface area contributed by atoms with Crippen molar-refractivity contribution in [3.8, 4) is 0 Å². The van der Waals surface area contributed by atoms with Crippen LogP contribution in [0.15, 0.2) is 12.3 Å². The number of hydrogen-bond acceptors (Lipinski definition) is 2. The zero-order valence-corrected chi connectivity index (χ0v) is 4.16. The largest absolute Gasteiger partial charge is 0.378 e. The van der Waals surface area contributed by atoms with E-state index in [9.17, 15) is 4.79 Å². The first-order valence-corrected chi connectivity index (χ1v) is 2.43. The van der Waals surface area contributed by atoms with Crippen LogP contribution in [0.5, 0.6) is 0 Å². The first-order chi connectivity index (χ1) is 3.89. The quantitative estimate of drug-likeness (QED) is 0.434. The molecule has 4 nitrogen and oxygen atoms in total. The van der Waals surface area contributed by atoms with E-state index in [1.807, 2.05) is 6.08 Å². The lowest BCUT2D eigenvalue weighted by Crippen LogP contribution is -2.26. The Morgan fingerprint density at radius 2 is 2.62 bits per heavy atom. The van der Waals surface area contributed by atoms with Gasteiger partial charge in [0.15, 0.2) is 0 Å². The molecule has 0 spiro atoms. The minimum atomic E-state index is 0.0266. The number of hydrazine groups is 2. The molecule has 0 bridgehead atoms. The van der Waals surface area contributed by atoms with Crippen molar-refractivity contribution in [1.82, 2.24) is 15.6 Å². The Bertz CT molecular complexity index is 165. The van der Waals surface area contributed by atoms with Crippen LogP contribution in [0.2, 0.25) is 0 Å². The van der Waals surface area contributed by atoms with E-state index in [1.165, 1.54) is 10.1 Å². The van der Waals surface area contributed by atoms with Crippen molar-refractivity contribution in [2.75, 3.05) is 6.54 Å². The fourth-order valence-corrected chi connectivity index (χ4v) is 0.707. The molecule has 2 aliphatic heterocycles. The van der Waals surface area contributed by atoms with E-state index in [1.54, 1.807) is 6.20 Å². The molecule has 0 radical (unpaired) electrons. The van der Waals surface area contributed by atoms with Gasteiger partial charge >= 0.3 is 6.03 Å². The summed E-state index contributed by atoms with van der Waals surface area (Å²) in [5, 5.41) is 2.96. The second-order valence-corrected chi connectivity index (χ2v) is 1.69. The van der Waals surface area contributed by atoms with E-state index < -0.39 is 0 Å². The number of hydrogen-bond donors (Lipinski definition) is 1. The number of urea groups is 1. The van der Waals surface area contributed by atoms with Crippen LogP contribution >= 0.6 is 0 Å². The highest BCUT2D eigenvalue weighted by atomic mass is 16.3. The predicted molar refractivity (Wildman–Crippen MR) is 26.2 cm³/mol. The maximum Gasteiger partial charge on any atom is 0.378 e. The topological polar surface area (TPSA) is 35.1 Å². The number of nitrogens with zero attached hydrogens (tertiary/aromatic N) is 2. The van der Waals surface area contributed by atoms with E-state index in [0.29, 0.717) is 0 Å². The molecule has 2 aliphatic rings. The van der Waals surface area contributed by atoms with Crippen LogP contribution in [0, 0.1) is 0 Å². The fourth-order valence-electron chi connectivity index (χ4n) is 0.707. The molecule has 0 saturated carbocycles. The fraction of sp³-hybridized carbons (Fsp3) is 0.250. The number of nitrogens with one attached hydrogen (secondary N) is 1. The highest BCUT2D eigenvalue weighted by Crippen LogP contribution is 2.17. The Kier molecular flexibility index (Phi) is 0.503. The summed E-state index contributed by atoms with van der Waals surface area (Å²) in [5.74, 6) is 0. The van der Waals surface area contributed by atoms with Crippen LogP contribution in [0.1, 0.15) is 0 Å². The second kappa shape index (κ2) is 1.03. The van der Waals surface area contributed by atoms with Gasteiger partial charge in [-0.3, -0.25) is 0 Å². The molecule has 1 saturated heterocycles. The monoisotopic (exact) mass is 111 g/mol. The summed E-state index contributed by atoms with van der Waals surface area (Å²) in [7, 11) is 0. The zero-order chi connectivity index (χ0) is 5.56. The van der Waals surface area contributed by atoms with Gasteiger partial charge in [-0.2, -0.15) is 10.1 Å².